The number of carboxylic acid groups (broad SMARTS) is 3. The topological polar surface area (TPSA) is 148 Å². The van der Waals surface area contributed by atoms with Crippen LogP contribution in [0.2, 0.25) is 0 Å². The Morgan fingerprint density at radius 1 is 0.541 bits per heavy atom. The molecule has 0 radical (unpaired) electrons. The van der Waals surface area contributed by atoms with E-state index in [1.54, 1.807) is 0 Å². The van der Waals surface area contributed by atoms with E-state index in [2.05, 4.69) is 0 Å². The third kappa shape index (κ3) is 28.7. The van der Waals surface area contributed by atoms with Crippen molar-refractivity contribution in [2.45, 2.75) is 135 Å². The molecular weight excluding hydrogens is 512 g/mol. The first-order chi connectivity index (χ1) is 16.2. The van der Waals surface area contributed by atoms with Crippen LogP contribution in [-0.4, -0.2) is 43.5 Å². The van der Waals surface area contributed by atoms with Gasteiger partial charge in [0, 0.05) is 36.2 Å². The quantitative estimate of drug-likeness (QED) is 0.106. The zero-order valence-electron chi connectivity index (χ0n) is 24.1. The minimum atomic E-state index is -1.17. The zero-order valence-corrected chi connectivity index (χ0v) is 30.1. The van der Waals surface area contributed by atoms with Crippen LogP contribution in [-0.2, 0) is 28.3 Å². The molecule has 37 heavy (non-hydrogen) atoms. The molecule has 0 aliphatic rings. The van der Waals surface area contributed by atoms with Gasteiger partial charge in [0.05, 0.1) is 0 Å². The molecule has 0 bridgehead atoms. The average Bonchev–Trinajstić information content (AvgIpc) is 2.78. The number of carboxylic acids is 3. The summed E-state index contributed by atoms with van der Waals surface area (Å²) in [5.41, 5.74) is 0. The molecule has 0 aromatic rings. The summed E-state index contributed by atoms with van der Waals surface area (Å²) in [6.07, 6.45) is 5.74. The number of rotatable bonds is 24. The van der Waals surface area contributed by atoms with Crippen LogP contribution in [0.25, 0.3) is 0 Å². The van der Waals surface area contributed by atoms with E-state index in [1.165, 1.54) is 0 Å². The van der Waals surface area contributed by atoms with Gasteiger partial charge in [0.2, 0.25) is 0 Å². The van der Waals surface area contributed by atoms with Crippen molar-refractivity contribution in [3.05, 3.63) is 0 Å². The number of aliphatic carboxylic acids is 3. The Hall–Kier alpha value is 1.35. The fourth-order valence-corrected chi connectivity index (χ4v) is 3.54. The molecule has 0 amide bonds. The summed E-state index contributed by atoms with van der Waals surface area (Å²) in [5.74, 6) is -3.52. The van der Waals surface area contributed by atoms with Gasteiger partial charge in [-0.1, -0.05) is 59.3 Å². The maximum atomic E-state index is 11.0. The van der Waals surface area contributed by atoms with E-state index in [0.29, 0.717) is 19.3 Å². The van der Waals surface area contributed by atoms with Crippen LogP contribution in [0, 0.1) is 0 Å². The van der Waals surface area contributed by atoms with Crippen molar-refractivity contribution in [3.63, 3.8) is 0 Å². The Kier molecular flexibility index (Phi) is 37.2. The molecule has 0 rings (SSSR count). The molecule has 0 heterocycles. The third-order valence-electron chi connectivity index (χ3n) is 5.56. The fraction of sp³-hybridized carbons (Fsp3) is 0.875. The summed E-state index contributed by atoms with van der Waals surface area (Å²) in [7, 11) is -1.17. The second-order valence-corrected chi connectivity index (χ2v) is 8.72. The van der Waals surface area contributed by atoms with Gasteiger partial charge >= 0.3 is 96.0 Å². The standard InChI is InChI=1S/C24H45BO9.3Na/c1-4-7-10-19(13-16-22(26)27)32-25(33-20(11-8-5-2)14-17-23(28)29)34-21(12-9-6-3)15-18-24(30)31;;;/h19-21H,4-18H2,1-3H3,(H,26,27)(H,28,29)(H,30,31);;;/q;3*+1/p-3. The zero-order chi connectivity index (χ0) is 25.8. The smallest absolute Gasteiger partial charge is 0.550 e. The van der Waals surface area contributed by atoms with Gasteiger partial charge in [0.1, 0.15) is 0 Å². The Morgan fingerprint density at radius 3 is 0.973 bits per heavy atom. The molecule has 0 aliphatic carbocycles. The predicted molar refractivity (Wildman–Crippen MR) is 122 cm³/mol. The van der Waals surface area contributed by atoms with E-state index in [9.17, 15) is 29.7 Å². The first kappa shape index (κ1) is 45.3. The van der Waals surface area contributed by atoms with E-state index in [1.807, 2.05) is 20.8 Å². The number of carbonyl (C=O) groups excluding carboxylic acids is 3. The monoisotopic (exact) mass is 554 g/mol. The Balaban J connectivity index is -0.00000181. The molecule has 0 aromatic heterocycles. The van der Waals surface area contributed by atoms with Gasteiger partial charge in [-0.15, -0.1) is 0 Å². The van der Waals surface area contributed by atoms with Crippen molar-refractivity contribution in [1.29, 1.82) is 0 Å². The van der Waals surface area contributed by atoms with Crippen molar-refractivity contribution in [3.8, 4) is 0 Å². The van der Waals surface area contributed by atoms with Crippen LogP contribution in [0.15, 0.2) is 0 Å². The Labute approximate surface area is 290 Å². The number of hydrogen-bond acceptors (Lipinski definition) is 9. The Morgan fingerprint density at radius 2 is 0.784 bits per heavy atom. The van der Waals surface area contributed by atoms with E-state index < -0.39 is 43.5 Å². The molecule has 0 aliphatic heterocycles. The normalized spacial score (nSPS) is 12.7. The SMILES string of the molecule is CCCCC(CCC(=O)[O-])OB(OC(CCCC)CCC(=O)[O-])OC(CCCC)CCC(=O)[O-].[Na+].[Na+].[Na+]. The molecule has 0 fully saturated rings. The van der Waals surface area contributed by atoms with Crippen LogP contribution in [0.3, 0.4) is 0 Å². The molecule has 0 saturated heterocycles. The van der Waals surface area contributed by atoms with Gasteiger partial charge in [-0.3, -0.25) is 0 Å². The van der Waals surface area contributed by atoms with Crippen molar-refractivity contribution < 1.29 is 132 Å². The summed E-state index contributed by atoms with van der Waals surface area (Å²) in [6.45, 7) is 6.05. The average molecular weight is 554 g/mol. The van der Waals surface area contributed by atoms with E-state index in [4.69, 9.17) is 14.0 Å². The molecule has 3 atom stereocenters. The van der Waals surface area contributed by atoms with Gasteiger partial charge in [0.25, 0.3) is 0 Å². The maximum absolute atomic E-state index is 11.0. The van der Waals surface area contributed by atoms with Crippen molar-refractivity contribution in [2.24, 2.45) is 0 Å². The van der Waals surface area contributed by atoms with Crippen LogP contribution >= 0.6 is 0 Å². The van der Waals surface area contributed by atoms with Crippen LogP contribution in [0.5, 0.6) is 0 Å². The molecule has 0 spiro atoms. The molecule has 13 heteroatoms. The first-order valence-electron chi connectivity index (χ1n) is 12.8. The van der Waals surface area contributed by atoms with Gasteiger partial charge in [-0.05, 0) is 57.8 Å². The fourth-order valence-electron chi connectivity index (χ4n) is 3.54. The third-order valence-corrected chi connectivity index (χ3v) is 5.56. The largest absolute Gasteiger partial charge is 1.00 e. The van der Waals surface area contributed by atoms with E-state index >= 15 is 0 Å². The molecular formula is C24H42BNa3O9. The van der Waals surface area contributed by atoms with Crippen molar-refractivity contribution in [2.75, 3.05) is 0 Å². The van der Waals surface area contributed by atoms with E-state index in [0.717, 1.165) is 38.5 Å². The van der Waals surface area contributed by atoms with Gasteiger partial charge in [-0.25, -0.2) is 0 Å². The molecule has 0 saturated carbocycles. The maximum Gasteiger partial charge on any atom is 1.00 e. The van der Waals surface area contributed by atoms with Gasteiger partial charge in [-0.2, -0.15) is 0 Å². The predicted octanol–water partition coefficient (Wildman–Crippen LogP) is -7.70. The number of unbranched alkanes of at least 4 members (excludes halogenated alkanes) is 3. The van der Waals surface area contributed by atoms with E-state index in [-0.39, 0.29) is 127 Å². The van der Waals surface area contributed by atoms with Gasteiger partial charge in [0.15, 0.2) is 0 Å². The molecule has 198 valence electrons. The van der Waals surface area contributed by atoms with Crippen LogP contribution < -0.4 is 104 Å². The summed E-state index contributed by atoms with van der Waals surface area (Å²) >= 11 is 0. The second-order valence-electron chi connectivity index (χ2n) is 8.72. The Bertz CT molecular complexity index is 498. The minimum absolute atomic E-state index is 0. The molecule has 9 nitrogen and oxygen atoms in total. The molecule has 0 aromatic carbocycles. The first-order valence-corrected chi connectivity index (χ1v) is 12.8. The second kappa shape index (κ2) is 30.3. The van der Waals surface area contributed by atoms with Crippen molar-refractivity contribution >= 4 is 25.2 Å². The summed E-state index contributed by atoms with van der Waals surface area (Å²) < 4.78 is 18.2. The summed E-state index contributed by atoms with van der Waals surface area (Å²) in [4.78, 5) is 33.0. The van der Waals surface area contributed by atoms with Gasteiger partial charge < -0.3 is 43.7 Å². The van der Waals surface area contributed by atoms with Crippen molar-refractivity contribution in [1.82, 2.24) is 0 Å². The van der Waals surface area contributed by atoms with Crippen LogP contribution in [0.4, 0.5) is 0 Å². The molecule has 3 unspecified atom stereocenters. The summed E-state index contributed by atoms with van der Waals surface area (Å²) in [5, 5.41) is 33.0. The number of carbonyl (C=O) groups is 3. The summed E-state index contributed by atoms with van der Waals surface area (Å²) in [6, 6.07) is 0. The molecule has 0 N–H and O–H groups in total. The minimum Gasteiger partial charge on any atom is -0.550 e. The van der Waals surface area contributed by atoms with Crippen LogP contribution in [0.1, 0.15) is 117 Å². The number of hydrogen-bond donors (Lipinski definition) is 0.